The first-order valence-corrected chi connectivity index (χ1v) is 7.68. The van der Waals surface area contributed by atoms with Gasteiger partial charge < -0.3 is 10.2 Å². The molecule has 1 aromatic heterocycles. The second-order valence-electron chi connectivity index (χ2n) is 5.65. The summed E-state index contributed by atoms with van der Waals surface area (Å²) in [6.07, 6.45) is 2.64. The lowest BCUT2D eigenvalue weighted by atomic mass is 10.0. The molecule has 1 saturated heterocycles. The molecule has 1 amide bonds. The summed E-state index contributed by atoms with van der Waals surface area (Å²) in [5, 5.41) is 6.19. The largest absolute Gasteiger partial charge is 0.367 e. The van der Waals surface area contributed by atoms with Gasteiger partial charge in [0.2, 0.25) is 0 Å². The summed E-state index contributed by atoms with van der Waals surface area (Å²) in [5.74, 6) is -0.923. The van der Waals surface area contributed by atoms with Crippen molar-refractivity contribution in [2.45, 2.75) is 25.4 Å². The van der Waals surface area contributed by atoms with Crippen molar-refractivity contribution in [1.82, 2.24) is 15.1 Å². The van der Waals surface area contributed by atoms with Crippen LogP contribution in [0.1, 0.15) is 29.9 Å². The summed E-state index contributed by atoms with van der Waals surface area (Å²) >= 11 is 0. The number of benzene rings is 1. The Kier molecular flexibility index (Phi) is 4.73. The maximum atomic E-state index is 13.9. The number of hydrogen-bond donors (Lipinski definition) is 1. The van der Waals surface area contributed by atoms with Crippen LogP contribution in [0, 0.1) is 5.82 Å². The first-order chi connectivity index (χ1) is 11.6. The monoisotopic (exact) mass is 338 g/mol. The predicted octanol–water partition coefficient (Wildman–Crippen LogP) is 2.82. The zero-order valence-corrected chi connectivity index (χ0v) is 12.8. The summed E-state index contributed by atoms with van der Waals surface area (Å²) in [7, 11) is 0. The highest BCUT2D eigenvalue weighted by molar-refractivity contribution is 5.92. The molecule has 3 rings (SSSR count). The van der Waals surface area contributed by atoms with E-state index in [0.717, 1.165) is 12.6 Å². The molecule has 1 N–H and O–H groups in total. The number of hydrogen-bond acceptors (Lipinski definition) is 3. The van der Waals surface area contributed by atoms with Gasteiger partial charge in [0.1, 0.15) is 11.5 Å². The summed E-state index contributed by atoms with van der Waals surface area (Å²) in [5.41, 5.74) is 0.294. The van der Waals surface area contributed by atoms with Gasteiger partial charge in [-0.2, -0.15) is 18.6 Å². The average molecular weight is 338 g/mol. The van der Waals surface area contributed by atoms with Crippen molar-refractivity contribution in [3.05, 3.63) is 48.0 Å². The van der Waals surface area contributed by atoms with E-state index < -0.39 is 12.5 Å². The molecule has 24 heavy (non-hydrogen) atoms. The summed E-state index contributed by atoms with van der Waals surface area (Å²) in [4.78, 5) is 14.1. The Bertz CT molecular complexity index is 719. The third-order valence-corrected chi connectivity index (χ3v) is 4.04. The lowest BCUT2D eigenvalue weighted by Crippen LogP contribution is -2.48. The van der Waals surface area contributed by atoms with Crippen LogP contribution >= 0.6 is 0 Å². The van der Waals surface area contributed by atoms with Crippen LogP contribution in [-0.4, -0.2) is 34.8 Å². The third-order valence-electron chi connectivity index (χ3n) is 4.04. The summed E-state index contributed by atoms with van der Waals surface area (Å²) < 4.78 is 39.9. The number of carbonyl (C=O) groups is 1. The van der Waals surface area contributed by atoms with Crippen LogP contribution in [0.3, 0.4) is 0 Å². The van der Waals surface area contributed by atoms with E-state index in [-0.39, 0.29) is 17.6 Å². The number of amides is 1. The van der Waals surface area contributed by atoms with Crippen molar-refractivity contribution < 1.29 is 18.0 Å². The minimum Gasteiger partial charge on any atom is -0.367 e. The van der Waals surface area contributed by atoms with Crippen molar-refractivity contribution in [3.63, 3.8) is 0 Å². The topological polar surface area (TPSA) is 50.2 Å². The number of alkyl halides is 2. The van der Waals surface area contributed by atoms with Gasteiger partial charge in [-0.3, -0.25) is 4.79 Å². The first-order valence-electron chi connectivity index (χ1n) is 7.68. The van der Waals surface area contributed by atoms with Crippen molar-refractivity contribution in [2.75, 3.05) is 18.0 Å². The van der Waals surface area contributed by atoms with Gasteiger partial charge in [0.15, 0.2) is 0 Å². The highest BCUT2D eigenvalue weighted by atomic mass is 19.3. The Morgan fingerprint density at radius 3 is 2.83 bits per heavy atom. The fourth-order valence-corrected chi connectivity index (χ4v) is 2.93. The zero-order chi connectivity index (χ0) is 17.1. The van der Waals surface area contributed by atoms with E-state index in [2.05, 4.69) is 10.4 Å². The minimum absolute atomic E-state index is 0.187. The van der Waals surface area contributed by atoms with Crippen LogP contribution in [-0.2, 0) is 0 Å². The van der Waals surface area contributed by atoms with E-state index >= 15 is 0 Å². The zero-order valence-electron chi connectivity index (χ0n) is 12.8. The molecule has 1 fully saturated rings. The molecule has 1 aromatic carbocycles. The number of aromatic nitrogens is 2. The molecule has 0 bridgehead atoms. The molecule has 5 nitrogen and oxygen atoms in total. The van der Waals surface area contributed by atoms with Crippen LogP contribution in [0.5, 0.6) is 0 Å². The molecular formula is C16H17F3N4O. The fraction of sp³-hybridized carbons (Fsp3) is 0.375. The molecule has 0 radical (unpaired) electrons. The van der Waals surface area contributed by atoms with Crippen LogP contribution in [0.4, 0.5) is 18.9 Å². The van der Waals surface area contributed by atoms with Crippen LogP contribution in [0.25, 0.3) is 0 Å². The Labute approximate surface area is 137 Å². The number of carbonyl (C=O) groups excluding carboxylic acids is 1. The van der Waals surface area contributed by atoms with E-state index in [9.17, 15) is 18.0 Å². The van der Waals surface area contributed by atoms with Crippen LogP contribution in [0.15, 0.2) is 36.5 Å². The highest BCUT2D eigenvalue weighted by Crippen LogP contribution is 2.23. The smallest absolute Gasteiger partial charge is 0.333 e. The maximum absolute atomic E-state index is 13.9. The van der Waals surface area contributed by atoms with E-state index in [1.165, 1.54) is 12.1 Å². The summed E-state index contributed by atoms with van der Waals surface area (Å²) in [6.45, 7) is -1.76. The average Bonchev–Trinajstić information content (AvgIpc) is 3.05. The second kappa shape index (κ2) is 6.94. The van der Waals surface area contributed by atoms with Crippen molar-refractivity contribution in [3.8, 4) is 0 Å². The highest BCUT2D eigenvalue weighted by Gasteiger charge is 2.25. The quantitative estimate of drug-likeness (QED) is 0.933. The Morgan fingerprint density at radius 1 is 1.29 bits per heavy atom. The Balaban J connectivity index is 1.68. The first kappa shape index (κ1) is 16.4. The van der Waals surface area contributed by atoms with Gasteiger partial charge in [-0.1, -0.05) is 12.1 Å². The number of halogens is 3. The van der Waals surface area contributed by atoms with Gasteiger partial charge in [-0.15, -0.1) is 0 Å². The summed E-state index contributed by atoms with van der Waals surface area (Å²) in [6, 6.07) is 7.45. The normalized spacial score (nSPS) is 18.0. The molecule has 128 valence electrons. The molecular weight excluding hydrogens is 321 g/mol. The van der Waals surface area contributed by atoms with Crippen LogP contribution in [0.2, 0.25) is 0 Å². The van der Waals surface area contributed by atoms with Gasteiger partial charge in [-0.05, 0) is 31.0 Å². The molecule has 1 aliphatic heterocycles. The van der Waals surface area contributed by atoms with Gasteiger partial charge in [0, 0.05) is 25.3 Å². The Hall–Kier alpha value is -2.51. The van der Waals surface area contributed by atoms with E-state index in [1.807, 2.05) is 4.90 Å². The Morgan fingerprint density at radius 2 is 2.08 bits per heavy atom. The van der Waals surface area contributed by atoms with Crippen LogP contribution < -0.4 is 10.2 Å². The van der Waals surface area contributed by atoms with Gasteiger partial charge in [0.05, 0.1) is 5.69 Å². The predicted molar refractivity (Wildman–Crippen MR) is 82.6 cm³/mol. The molecule has 0 spiro atoms. The molecule has 1 atom stereocenters. The molecule has 0 aliphatic carbocycles. The van der Waals surface area contributed by atoms with E-state index in [4.69, 9.17) is 0 Å². The molecule has 1 aliphatic rings. The minimum atomic E-state index is -2.87. The van der Waals surface area contributed by atoms with Crippen molar-refractivity contribution in [2.24, 2.45) is 0 Å². The number of nitrogens with zero attached hydrogens (tertiary/aromatic N) is 3. The van der Waals surface area contributed by atoms with E-state index in [1.54, 1.807) is 18.2 Å². The molecule has 1 unspecified atom stereocenters. The lowest BCUT2D eigenvalue weighted by Gasteiger charge is -2.34. The van der Waals surface area contributed by atoms with Crippen molar-refractivity contribution in [1.29, 1.82) is 0 Å². The maximum Gasteiger partial charge on any atom is 0.333 e. The molecule has 0 saturated carbocycles. The van der Waals surface area contributed by atoms with Gasteiger partial charge in [0.25, 0.3) is 5.91 Å². The lowest BCUT2D eigenvalue weighted by molar-refractivity contribution is 0.0506. The fourth-order valence-electron chi connectivity index (χ4n) is 2.93. The van der Waals surface area contributed by atoms with Gasteiger partial charge in [-0.25, -0.2) is 4.39 Å². The number of para-hydroxylation sites is 1. The number of anilines is 1. The number of nitrogens with one attached hydrogen (secondary N) is 1. The standard InChI is InChI=1S/C16H17F3N4O/c17-12-5-1-2-6-13(12)22-9-3-4-11(10-22)21-15(24)14-7-8-20-23(14)16(18)19/h1-2,5-8,11,16H,3-4,9-10H2,(H,21,24). The third kappa shape index (κ3) is 3.37. The number of rotatable bonds is 4. The van der Waals surface area contributed by atoms with Crippen molar-refractivity contribution >= 4 is 11.6 Å². The second-order valence-corrected chi connectivity index (χ2v) is 5.65. The van der Waals surface area contributed by atoms with E-state index in [0.29, 0.717) is 29.9 Å². The number of piperidine rings is 1. The molecule has 2 aromatic rings. The molecule has 2 heterocycles. The van der Waals surface area contributed by atoms with Gasteiger partial charge >= 0.3 is 6.55 Å². The molecule has 8 heteroatoms. The SMILES string of the molecule is O=C(NC1CCCN(c2ccccc2F)C1)c1ccnn1C(F)F.